The standard InChI is InChI=1S/C16H12FN3O5/c1-8-15(21)19-12-7-10(3-5-14(12)25-8)18-16(22)9-2-4-11(17)13(6-9)20(23)24/h2-8H,1H3,(H,18,22)(H,19,21)/t8-/m1/s1. The van der Waals surface area contributed by atoms with Gasteiger partial charge >= 0.3 is 5.69 Å². The normalized spacial score (nSPS) is 15.6. The van der Waals surface area contributed by atoms with Crippen molar-refractivity contribution < 1.29 is 23.6 Å². The molecule has 2 aromatic rings. The zero-order chi connectivity index (χ0) is 18.1. The van der Waals surface area contributed by atoms with Crippen LogP contribution in [-0.4, -0.2) is 22.8 Å². The first kappa shape index (κ1) is 16.4. The van der Waals surface area contributed by atoms with E-state index < -0.39 is 28.4 Å². The van der Waals surface area contributed by atoms with Crippen molar-refractivity contribution in [2.75, 3.05) is 10.6 Å². The van der Waals surface area contributed by atoms with Crippen molar-refractivity contribution >= 4 is 28.9 Å². The highest BCUT2D eigenvalue weighted by molar-refractivity contribution is 6.05. The van der Waals surface area contributed by atoms with Gasteiger partial charge in [0.15, 0.2) is 6.10 Å². The Balaban J connectivity index is 1.82. The molecule has 0 saturated carbocycles. The van der Waals surface area contributed by atoms with Crippen molar-refractivity contribution in [2.45, 2.75) is 13.0 Å². The Morgan fingerprint density at radius 1 is 1.32 bits per heavy atom. The van der Waals surface area contributed by atoms with Gasteiger partial charge in [-0.25, -0.2) is 0 Å². The molecule has 0 radical (unpaired) electrons. The molecule has 25 heavy (non-hydrogen) atoms. The lowest BCUT2D eigenvalue weighted by Gasteiger charge is -2.23. The molecule has 2 aromatic carbocycles. The number of halogens is 1. The number of carbonyl (C=O) groups is 2. The lowest BCUT2D eigenvalue weighted by Crippen LogP contribution is -2.34. The summed E-state index contributed by atoms with van der Waals surface area (Å²) in [5, 5.41) is 15.9. The number of rotatable bonds is 3. The second kappa shape index (κ2) is 6.19. The Labute approximate surface area is 140 Å². The quantitative estimate of drug-likeness (QED) is 0.656. The number of benzene rings is 2. The fourth-order valence-corrected chi connectivity index (χ4v) is 2.28. The van der Waals surface area contributed by atoms with Gasteiger partial charge in [-0.2, -0.15) is 4.39 Å². The molecule has 0 bridgehead atoms. The van der Waals surface area contributed by atoms with Crippen LogP contribution in [0.2, 0.25) is 0 Å². The Morgan fingerprint density at radius 3 is 2.80 bits per heavy atom. The smallest absolute Gasteiger partial charge is 0.305 e. The van der Waals surface area contributed by atoms with E-state index >= 15 is 0 Å². The number of nitro benzene ring substituents is 1. The molecule has 128 valence electrons. The van der Waals surface area contributed by atoms with Crippen LogP contribution in [0.5, 0.6) is 5.75 Å². The number of nitrogens with zero attached hydrogens (tertiary/aromatic N) is 1. The van der Waals surface area contributed by atoms with Crippen LogP contribution in [0.15, 0.2) is 36.4 Å². The van der Waals surface area contributed by atoms with Crippen LogP contribution in [0, 0.1) is 15.9 Å². The van der Waals surface area contributed by atoms with Gasteiger partial charge in [-0.15, -0.1) is 0 Å². The van der Waals surface area contributed by atoms with E-state index in [9.17, 15) is 24.1 Å². The summed E-state index contributed by atoms with van der Waals surface area (Å²) in [6, 6.07) is 7.48. The van der Waals surface area contributed by atoms with Crippen LogP contribution in [0.1, 0.15) is 17.3 Å². The Bertz CT molecular complexity index is 899. The van der Waals surface area contributed by atoms with Crippen LogP contribution in [0.4, 0.5) is 21.5 Å². The molecule has 0 saturated heterocycles. The van der Waals surface area contributed by atoms with Crippen molar-refractivity contribution in [1.82, 2.24) is 0 Å². The van der Waals surface area contributed by atoms with Gasteiger partial charge in [0.05, 0.1) is 10.6 Å². The van der Waals surface area contributed by atoms with Crippen molar-refractivity contribution in [3.63, 3.8) is 0 Å². The number of nitrogens with one attached hydrogen (secondary N) is 2. The van der Waals surface area contributed by atoms with Crippen molar-refractivity contribution in [1.29, 1.82) is 0 Å². The average Bonchev–Trinajstić information content (AvgIpc) is 2.56. The van der Waals surface area contributed by atoms with Crippen molar-refractivity contribution in [3.05, 3.63) is 57.9 Å². The fraction of sp³-hybridized carbons (Fsp3) is 0.125. The van der Waals surface area contributed by atoms with E-state index in [-0.39, 0.29) is 11.5 Å². The molecule has 0 spiro atoms. The predicted molar refractivity (Wildman–Crippen MR) is 86.2 cm³/mol. The van der Waals surface area contributed by atoms with E-state index in [0.29, 0.717) is 17.1 Å². The third-order valence-electron chi connectivity index (χ3n) is 3.57. The number of carbonyl (C=O) groups excluding carboxylic acids is 2. The maximum Gasteiger partial charge on any atom is 0.305 e. The zero-order valence-corrected chi connectivity index (χ0v) is 12.9. The zero-order valence-electron chi connectivity index (χ0n) is 12.9. The van der Waals surface area contributed by atoms with Gasteiger partial charge in [-0.3, -0.25) is 19.7 Å². The van der Waals surface area contributed by atoms with Crippen LogP contribution < -0.4 is 15.4 Å². The van der Waals surface area contributed by atoms with Crippen LogP contribution in [-0.2, 0) is 4.79 Å². The third-order valence-corrected chi connectivity index (χ3v) is 3.57. The molecule has 1 atom stereocenters. The number of nitro groups is 1. The van der Waals surface area contributed by atoms with Crippen LogP contribution >= 0.6 is 0 Å². The Morgan fingerprint density at radius 2 is 2.08 bits per heavy atom. The molecule has 2 N–H and O–H groups in total. The summed E-state index contributed by atoms with van der Waals surface area (Å²) in [6.45, 7) is 1.61. The summed E-state index contributed by atoms with van der Waals surface area (Å²) in [6.07, 6.45) is -0.618. The lowest BCUT2D eigenvalue weighted by molar-refractivity contribution is -0.387. The molecule has 8 nitrogen and oxygen atoms in total. The molecule has 1 heterocycles. The van der Waals surface area contributed by atoms with Crippen molar-refractivity contribution in [3.8, 4) is 5.75 Å². The minimum absolute atomic E-state index is 0.0697. The molecule has 0 aliphatic carbocycles. The fourth-order valence-electron chi connectivity index (χ4n) is 2.28. The summed E-state index contributed by atoms with van der Waals surface area (Å²) in [5.41, 5.74) is -0.118. The maximum atomic E-state index is 13.3. The maximum absolute atomic E-state index is 13.3. The van der Waals surface area contributed by atoms with Gasteiger partial charge < -0.3 is 15.4 Å². The lowest BCUT2D eigenvalue weighted by atomic mass is 10.1. The van der Waals surface area contributed by atoms with E-state index in [4.69, 9.17) is 4.74 Å². The van der Waals surface area contributed by atoms with E-state index in [2.05, 4.69) is 10.6 Å². The van der Waals surface area contributed by atoms with Gasteiger partial charge in [-0.05, 0) is 37.3 Å². The summed E-state index contributed by atoms with van der Waals surface area (Å²) >= 11 is 0. The van der Waals surface area contributed by atoms with Gasteiger partial charge in [-0.1, -0.05) is 0 Å². The Hall–Kier alpha value is -3.49. The molecular weight excluding hydrogens is 333 g/mol. The minimum Gasteiger partial charge on any atom is -0.479 e. The molecular formula is C16H12FN3O5. The van der Waals surface area contributed by atoms with E-state index in [1.165, 1.54) is 6.07 Å². The first-order valence-electron chi connectivity index (χ1n) is 7.22. The highest BCUT2D eigenvalue weighted by atomic mass is 19.1. The molecule has 0 unspecified atom stereocenters. The number of anilines is 2. The minimum atomic E-state index is -1.02. The first-order valence-corrected chi connectivity index (χ1v) is 7.22. The summed E-state index contributed by atoms with van der Waals surface area (Å²) < 4.78 is 18.7. The SMILES string of the molecule is C[C@H]1Oc2ccc(NC(=O)c3ccc(F)c([N+](=O)[O-])c3)cc2NC1=O. The number of ether oxygens (including phenoxy) is 1. The topological polar surface area (TPSA) is 111 Å². The second-order valence-electron chi connectivity index (χ2n) is 5.34. The van der Waals surface area contributed by atoms with Crippen LogP contribution in [0.3, 0.4) is 0 Å². The molecule has 3 rings (SSSR count). The molecule has 1 aliphatic heterocycles. The molecule has 0 fully saturated rings. The van der Waals surface area contributed by atoms with Gasteiger partial charge in [0.25, 0.3) is 11.8 Å². The van der Waals surface area contributed by atoms with Gasteiger partial charge in [0, 0.05) is 17.3 Å². The summed E-state index contributed by atoms with van der Waals surface area (Å²) in [5.74, 6) is -1.53. The number of fused-ring (bicyclic) bond motifs is 1. The van der Waals surface area contributed by atoms with E-state index in [1.807, 2.05) is 0 Å². The Kier molecular flexibility index (Phi) is 4.05. The number of hydrogen-bond donors (Lipinski definition) is 2. The average molecular weight is 345 g/mol. The molecule has 0 aromatic heterocycles. The van der Waals surface area contributed by atoms with Crippen molar-refractivity contribution in [2.24, 2.45) is 0 Å². The monoisotopic (exact) mass is 345 g/mol. The van der Waals surface area contributed by atoms with Gasteiger partial charge in [0.2, 0.25) is 5.82 Å². The molecule has 2 amide bonds. The summed E-state index contributed by atoms with van der Waals surface area (Å²) in [4.78, 5) is 33.7. The molecule has 9 heteroatoms. The number of hydrogen-bond acceptors (Lipinski definition) is 5. The predicted octanol–water partition coefficient (Wildman–Crippen LogP) is 2.71. The second-order valence-corrected chi connectivity index (χ2v) is 5.34. The molecule has 1 aliphatic rings. The van der Waals surface area contributed by atoms with E-state index in [1.54, 1.807) is 19.1 Å². The van der Waals surface area contributed by atoms with E-state index in [0.717, 1.165) is 18.2 Å². The number of amides is 2. The largest absolute Gasteiger partial charge is 0.479 e. The highest BCUT2D eigenvalue weighted by Crippen LogP contribution is 2.32. The van der Waals surface area contributed by atoms with Crippen LogP contribution in [0.25, 0.3) is 0 Å². The first-order chi connectivity index (χ1) is 11.8. The van der Waals surface area contributed by atoms with Gasteiger partial charge in [0.1, 0.15) is 5.75 Å². The highest BCUT2D eigenvalue weighted by Gasteiger charge is 2.24. The summed E-state index contributed by atoms with van der Waals surface area (Å²) in [7, 11) is 0. The third kappa shape index (κ3) is 3.25.